The minimum Gasteiger partial charge on any atom is -0.304 e. The van der Waals surface area contributed by atoms with Gasteiger partial charge in [-0.15, -0.1) is 0 Å². The Morgan fingerprint density at radius 3 is 2.42 bits per heavy atom. The normalized spacial score (nSPS) is 11.2. The van der Waals surface area contributed by atoms with E-state index in [1.165, 1.54) is 0 Å². The fraction of sp³-hybridized carbons (Fsp3) is 0. The zero-order valence-corrected chi connectivity index (χ0v) is 12.4. The molecular formula is C13H6Cl4N2. The molecule has 3 aromatic rings. The number of halogens is 4. The van der Waals surface area contributed by atoms with Crippen LogP contribution >= 0.6 is 46.4 Å². The van der Waals surface area contributed by atoms with Gasteiger partial charge in [-0.25, -0.2) is 4.98 Å². The van der Waals surface area contributed by atoms with Crippen LogP contribution in [0.5, 0.6) is 0 Å². The summed E-state index contributed by atoms with van der Waals surface area (Å²) < 4.78 is 1.76. The standard InChI is InChI=1S/C13H6Cl4N2/c14-7-1-2-10(16)9(3-7)12-6-19-5-8(15)4-11(17)13(19)18-12/h1-6H. The summed E-state index contributed by atoms with van der Waals surface area (Å²) in [5, 5.41) is 2.20. The van der Waals surface area contributed by atoms with E-state index in [2.05, 4.69) is 4.98 Å². The number of hydrogen-bond donors (Lipinski definition) is 0. The molecule has 0 unspecified atom stereocenters. The van der Waals surface area contributed by atoms with Crippen molar-refractivity contribution in [3.8, 4) is 11.3 Å². The van der Waals surface area contributed by atoms with Crippen molar-refractivity contribution < 1.29 is 0 Å². The maximum Gasteiger partial charge on any atom is 0.156 e. The predicted octanol–water partition coefficient (Wildman–Crippen LogP) is 5.61. The minimum atomic E-state index is 0.483. The van der Waals surface area contributed by atoms with Crippen molar-refractivity contribution in [2.75, 3.05) is 0 Å². The van der Waals surface area contributed by atoms with Crippen LogP contribution in [0.1, 0.15) is 0 Å². The number of benzene rings is 1. The van der Waals surface area contributed by atoms with Crippen molar-refractivity contribution in [3.63, 3.8) is 0 Å². The van der Waals surface area contributed by atoms with E-state index in [-0.39, 0.29) is 0 Å². The summed E-state index contributed by atoms with van der Waals surface area (Å²) in [7, 11) is 0. The highest BCUT2D eigenvalue weighted by Crippen LogP contribution is 2.31. The fourth-order valence-corrected chi connectivity index (χ4v) is 2.76. The van der Waals surface area contributed by atoms with Gasteiger partial charge in [0.25, 0.3) is 0 Å². The smallest absolute Gasteiger partial charge is 0.156 e. The molecule has 96 valence electrons. The first-order valence-corrected chi connectivity index (χ1v) is 6.85. The molecule has 0 saturated carbocycles. The Bertz CT molecular complexity index is 780. The van der Waals surface area contributed by atoms with E-state index in [0.717, 1.165) is 5.56 Å². The molecule has 0 N–H and O–H groups in total. The predicted molar refractivity (Wildman–Crippen MR) is 80.7 cm³/mol. The molecule has 0 fully saturated rings. The topological polar surface area (TPSA) is 17.3 Å². The summed E-state index contributed by atoms with van der Waals surface area (Å²) in [4.78, 5) is 4.45. The highest BCUT2D eigenvalue weighted by molar-refractivity contribution is 6.37. The van der Waals surface area contributed by atoms with Crippen LogP contribution in [0.15, 0.2) is 36.7 Å². The number of nitrogens with zero attached hydrogens (tertiary/aromatic N) is 2. The lowest BCUT2D eigenvalue weighted by Crippen LogP contribution is -1.82. The summed E-state index contributed by atoms with van der Waals surface area (Å²) in [6.07, 6.45) is 3.54. The maximum atomic E-state index is 6.16. The molecular weight excluding hydrogens is 326 g/mol. The van der Waals surface area contributed by atoms with Gasteiger partial charge in [-0.1, -0.05) is 46.4 Å². The Kier molecular flexibility index (Phi) is 3.35. The Balaban J connectivity index is 2.26. The van der Waals surface area contributed by atoms with E-state index >= 15 is 0 Å². The third kappa shape index (κ3) is 2.41. The average Bonchev–Trinajstić information content (AvgIpc) is 2.76. The zero-order valence-electron chi connectivity index (χ0n) is 9.37. The van der Waals surface area contributed by atoms with E-state index in [1.54, 1.807) is 34.9 Å². The van der Waals surface area contributed by atoms with Crippen LogP contribution in [0.4, 0.5) is 0 Å². The van der Waals surface area contributed by atoms with Crippen LogP contribution in [-0.4, -0.2) is 9.38 Å². The van der Waals surface area contributed by atoms with E-state index in [0.29, 0.717) is 31.4 Å². The van der Waals surface area contributed by atoms with Gasteiger partial charge in [-0.2, -0.15) is 0 Å². The lowest BCUT2D eigenvalue weighted by atomic mass is 10.2. The second kappa shape index (κ2) is 4.88. The van der Waals surface area contributed by atoms with Crippen molar-refractivity contribution in [3.05, 3.63) is 56.7 Å². The van der Waals surface area contributed by atoms with Crippen molar-refractivity contribution in [2.45, 2.75) is 0 Å². The monoisotopic (exact) mass is 330 g/mol. The van der Waals surface area contributed by atoms with Gasteiger partial charge >= 0.3 is 0 Å². The lowest BCUT2D eigenvalue weighted by molar-refractivity contribution is 1.19. The fourth-order valence-electron chi connectivity index (χ4n) is 1.85. The quantitative estimate of drug-likeness (QED) is 0.566. The van der Waals surface area contributed by atoms with Crippen LogP contribution in [-0.2, 0) is 0 Å². The number of aromatic nitrogens is 2. The second-order valence-corrected chi connectivity index (χ2v) is 5.67. The number of hydrogen-bond acceptors (Lipinski definition) is 1. The first-order valence-electron chi connectivity index (χ1n) is 5.34. The van der Waals surface area contributed by atoms with Crippen LogP contribution in [0.3, 0.4) is 0 Å². The second-order valence-electron chi connectivity index (χ2n) is 3.99. The molecule has 0 aliphatic rings. The Hall–Kier alpha value is -0.930. The van der Waals surface area contributed by atoms with Gasteiger partial charge in [0, 0.05) is 23.0 Å². The first-order chi connectivity index (χ1) is 9.04. The molecule has 0 aliphatic heterocycles. The maximum absolute atomic E-state index is 6.16. The van der Waals surface area contributed by atoms with Crippen LogP contribution < -0.4 is 0 Å². The summed E-state index contributed by atoms with van der Waals surface area (Å²) in [6, 6.07) is 6.88. The molecule has 1 aromatic carbocycles. The van der Waals surface area contributed by atoms with Gasteiger partial charge in [0.15, 0.2) is 5.65 Å². The van der Waals surface area contributed by atoms with Crippen molar-refractivity contribution in [1.82, 2.24) is 9.38 Å². The van der Waals surface area contributed by atoms with Crippen molar-refractivity contribution in [2.24, 2.45) is 0 Å². The van der Waals surface area contributed by atoms with Crippen molar-refractivity contribution >= 4 is 52.1 Å². The molecule has 19 heavy (non-hydrogen) atoms. The van der Waals surface area contributed by atoms with Gasteiger partial charge in [0.05, 0.1) is 20.8 Å². The van der Waals surface area contributed by atoms with E-state index in [1.807, 2.05) is 6.20 Å². The molecule has 2 aromatic heterocycles. The molecule has 0 amide bonds. The van der Waals surface area contributed by atoms with Crippen LogP contribution in [0.25, 0.3) is 16.9 Å². The van der Waals surface area contributed by atoms with Crippen LogP contribution in [0, 0.1) is 0 Å². The number of fused-ring (bicyclic) bond motifs is 1. The number of imidazole rings is 1. The van der Waals surface area contributed by atoms with Gasteiger partial charge in [0.2, 0.25) is 0 Å². The zero-order chi connectivity index (χ0) is 13.6. The molecule has 0 radical (unpaired) electrons. The third-order valence-corrected chi connectivity index (χ3v) is 3.73. The van der Waals surface area contributed by atoms with Gasteiger partial charge in [-0.3, -0.25) is 0 Å². The minimum absolute atomic E-state index is 0.483. The molecule has 6 heteroatoms. The summed E-state index contributed by atoms with van der Waals surface area (Å²) in [5.74, 6) is 0. The van der Waals surface area contributed by atoms with E-state index in [9.17, 15) is 0 Å². The highest BCUT2D eigenvalue weighted by Gasteiger charge is 2.11. The molecule has 0 saturated heterocycles. The number of pyridine rings is 1. The lowest BCUT2D eigenvalue weighted by Gasteiger charge is -2.00. The Morgan fingerprint density at radius 1 is 0.842 bits per heavy atom. The SMILES string of the molecule is Clc1ccc(Cl)c(-c2cn3cc(Cl)cc(Cl)c3n2)c1. The molecule has 0 spiro atoms. The van der Waals surface area contributed by atoms with E-state index < -0.39 is 0 Å². The van der Waals surface area contributed by atoms with E-state index in [4.69, 9.17) is 46.4 Å². The van der Waals surface area contributed by atoms with Gasteiger partial charge in [0.1, 0.15) is 0 Å². The Morgan fingerprint density at radius 2 is 1.63 bits per heavy atom. The Labute approximate surface area is 129 Å². The first kappa shape index (κ1) is 13.1. The molecule has 0 atom stereocenters. The molecule has 0 aliphatic carbocycles. The molecule has 0 bridgehead atoms. The third-order valence-electron chi connectivity index (χ3n) is 2.68. The number of rotatable bonds is 1. The van der Waals surface area contributed by atoms with Crippen LogP contribution in [0.2, 0.25) is 20.1 Å². The average molecular weight is 332 g/mol. The summed E-state index contributed by atoms with van der Waals surface area (Å²) in [6.45, 7) is 0. The van der Waals surface area contributed by atoms with Crippen molar-refractivity contribution in [1.29, 1.82) is 0 Å². The molecule has 2 nitrogen and oxygen atoms in total. The van der Waals surface area contributed by atoms with Gasteiger partial charge in [-0.05, 0) is 24.3 Å². The molecule has 2 heterocycles. The summed E-state index contributed by atoms with van der Waals surface area (Å²) in [5.41, 5.74) is 2.07. The molecule has 3 rings (SSSR count). The van der Waals surface area contributed by atoms with Gasteiger partial charge < -0.3 is 4.40 Å². The summed E-state index contributed by atoms with van der Waals surface area (Å²) >= 11 is 24.2. The largest absolute Gasteiger partial charge is 0.304 e. The highest BCUT2D eigenvalue weighted by atomic mass is 35.5.